The van der Waals surface area contributed by atoms with E-state index >= 15 is 0 Å². The lowest BCUT2D eigenvalue weighted by Gasteiger charge is -2.48. The Kier molecular flexibility index (Phi) is 7.04. The molecule has 0 aromatic heterocycles. The van der Waals surface area contributed by atoms with Crippen molar-refractivity contribution in [3.05, 3.63) is 113 Å². The molecule has 0 unspecified atom stereocenters. The molecule has 0 saturated heterocycles. The SMILES string of the molecule is Cc1cc2c3c(c1)N(c1ccc4c(c1)C(C)(C)CCC4(C)C)c1cc4c(cc1B3c1cc3c(cc1N2c1ccccc1)OCCO3)C(C)(C)CCC4(C)C. The molecule has 0 amide bonds. The van der Waals surface area contributed by atoms with Crippen LogP contribution in [0.1, 0.15) is 109 Å². The first-order valence-electron chi connectivity index (χ1n) is 20.2. The van der Waals surface area contributed by atoms with E-state index in [1.165, 1.54) is 92.6 Å². The van der Waals surface area contributed by atoms with E-state index < -0.39 is 0 Å². The molecule has 274 valence electrons. The van der Waals surface area contributed by atoms with E-state index in [1.807, 2.05) is 0 Å². The second kappa shape index (κ2) is 11.2. The molecule has 0 atom stereocenters. The molecule has 10 rings (SSSR count). The summed E-state index contributed by atoms with van der Waals surface area (Å²) in [6.07, 6.45) is 4.74. The molecule has 2 aliphatic carbocycles. The van der Waals surface area contributed by atoms with Crippen molar-refractivity contribution in [2.24, 2.45) is 0 Å². The number of hydrogen-bond donors (Lipinski definition) is 0. The van der Waals surface area contributed by atoms with Crippen LogP contribution < -0.4 is 35.7 Å². The molecular weight excluding hydrogens is 659 g/mol. The van der Waals surface area contributed by atoms with Crippen LogP contribution in [0.5, 0.6) is 11.5 Å². The van der Waals surface area contributed by atoms with E-state index in [0.717, 1.165) is 22.9 Å². The summed E-state index contributed by atoms with van der Waals surface area (Å²) in [5.74, 6) is 1.66. The summed E-state index contributed by atoms with van der Waals surface area (Å²) in [6.45, 7) is 23.0. The van der Waals surface area contributed by atoms with E-state index in [0.29, 0.717) is 13.2 Å². The third-order valence-corrected chi connectivity index (χ3v) is 14.0. The van der Waals surface area contributed by atoms with Gasteiger partial charge in [0.2, 0.25) is 0 Å². The molecule has 0 saturated carbocycles. The fourth-order valence-electron chi connectivity index (χ4n) is 10.6. The Bertz CT molecular complexity index is 2390. The van der Waals surface area contributed by atoms with Crippen LogP contribution >= 0.6 is 0 Å². The minimum absolute atomic E-state index is 0.0202. The van der Waals surface area contributed by atoms with Gasteiger partial charge in [-0.1, -0.05) is 85.7 Å². The second-order valence-electron chi connectivity index (χ2n) is 19.4. The number of benzene rings is 5. The smallest absolute Gasteiger partial charge is 0.252 e. The fourth-order valence-corrected chi connectivity index (χ4v) is 10.6. The lowest BCUT2D eigenvalue weighted by atomic mass is 9.33. The number of aryl methyl sites for hydroxylation is 1. The topological polar surface area (TPSA) is 24.9 Å². The zero-order valence-corrected chi connectivity index (χ0v) is 33.6. The number of ether oxygens (including phenoxy) is 2. The number of nitrogens with zero attached hydrogens (tertiary/aromatic N) is 2. The van der Waals surface area contributed by atoms with E-state index in [-0.39, 0.29) is 28.4 Å². The van der Waals surface area contributed by atoms with Gasteiger partial charge in [-0.25, -0.2) is 0 Å². The Morgan fingerprint density at radius 1 is 0.481 bits per heavy atom. The van der Waals surface area contributed by atoms with Crippen molar-refractivity contribution in [1.29, 1.82) is 0 Å². The van der Waals surface area contributed by atoms with Crippen LogP contribution in [-0.2, 0) is 21.7 Å². The van der Waals surface area contributed by atoms with Crippen molar-refractivity contribution < 1.29 is 9.47 Å². The summed E-state index contributed by atoms with van der Waals surface area (Å²) in [4.78, 5) is 5.11. The Morgan fingerprint density at radius 2 is 0.981 bits per heavy atom. The zero-order chi connectivity index (χ0) is 37.5. The highest BCUT2D eigenvalue weighted by Gasteiger charge is 2.47. The number of anilines is 6. The van der Waals surface area contributed by atoms with Gasteiger partial charge in [-0.05, 0) is 147 Å². The lowest BCUT2D eigenvalue weighted by molar-refractivity contribution is 0.172. The Labute approximate surface area is 322 Å². The van der Waals surface area contributed by atoms with Crippen molar-refractivity contribution in [3.63, 3.8) is 0 Å². The van der Waals surface area contributed by atoms with Gasteiger partial charge < -0.3 is 19.3 Å². The van der Waals surface area contributed by atoms with Crippen molar-refractivity contribution in [2.75, 3.05) is 23.0 Å². The van der Waals surface area contributed by atoms with Crippen LogP contribution in [0.3, 0.4) is 0 Å². The molecule has 5 aromatic rings. The maximum absolute atomic E-state index is 6.34. The van der Waals surface area contributed by atoms with Gasteiger partial charge in [0.25, 0.3) is 6.71 Å². The van der Waals surface area contributed by atoms with Crippen molar-refractivity contribution in [2.45, 2.75) is 110 Å². The van der Waals surface area contributed by atoms with Gasteiger partial charge in [0, 0.05) is 40.2 Å². The Balaban J connectivity index is 1.32. The van der Waals surface area contributed by atoms with Gasteiger partial charge in [-0.15, -0.1) is 0 Å². The highest BCUT2D eigenvalue weighted by atomic mass is 16.6. The summed E-state index contributed by atoms with van der Waals surface area (Å²) in [5.41, 5.74) is 19.0. The van der Waals surface area contributed by atoms with Crippen LogP contribution in [0.15, 0.2) is 84.9 Å². The monoisotopic (exact) mass is 712 g/mol. The molecule has 54 heavy (non-hydrogen) atoms. The maximum atomic E-state index is 6.34. The van der Waals surface area contributed by atoms with Gasteiger partial charge in [-0.2, -0.15) is 0 Å². The van der Waals surface area contributed by atoms with Crippen molar-refractivity contribution in [3.8, 4) is 11.5 Å². The summed E-state index contributed by atoms with van der Waals surface area (Å²) in [5, 5.41) is 0. The average Bonchev–Trinajstić information content (AvgIpc) is 3.14. The van der Waals surface area contributed by atoms with E-state index in [9.17, 15) is 0 Å². The molecular formula is C49H53BN2O2. The minimum atomic E-state index is 0.0202. The third kappa shape index (κ3) is 4.82. The lowest BCUT2D eigenvalue weighted by Crippen LogP contribution is -2.62. The van der Waals surface area contributed by atoms with Crippen LogP contribution in [0.25, 0.3) is 0 Å². The molecule has 5 heteroatoms. The first kappa shape index (κ1) is 33.9. The van der Waals surface area contributed by atoms with Crippen LogP contribution in [-0.4, -0.2) is 19.9 Å². The average molecular weight is 713 g/mol. The highest BCUT2D eigenvalue weighted by molar-refractivity contribution is 7.00. The largest absolute Gasteiger partial charge is 0.486 e. The normalized spacial score (nSPS) is 20.3. The second-order valence-corrected chi connectivity index (χ2v) is 19.4. The van der Waals surface area contributed by atoms with Crippen LogP contribution in [0.2, 0.25) is 0 Å². The van der Waals surface area contributed by atoms with Gasteiger partial charge in [0.05, 0.1) is 0 Å². The summed E-state index contributed by atoms with van der Waals surface area (Å²) >= 11 is 0. The molecule has 0 fully saturated rings. The fraction of sp³-hybridized carbons (Fsp3) is 0.388. The zero-order valence-electron chi connectivity index (χ0n) is 33.6. The van der Waals surface area contributed by atoms with Crippen molar-refractivity contribution >= 4 is 57.2 Å². The van der Waals surface area contributed by atoms with E-state index in [4.69, 9.17) is 9.47 Å². The predicted octanol–water partition coefficient (Wildman–Crippen LogP) is 10.5. The van der Waals surface area contributed by atoms with Crippen LogP contribution in [0, 0.1) is 6.92 Å². The molecule has 0 radical (unpaired) electrons. The molecule has 0 spiro atoms. The molecule has 5 aliphatic rings. The maximum Gasteiger partial charge on any atom is 0.252 e. The van der Waals surface area contributed by atoms with E-state index in [2.05, 4.69) is 157 Å². The molecule has 0 N–H and O–H groups in total. The molecule has 3 heterocycles. The summed E-state index contributed by atoms with van der Waals surface area (Å²) in [7, 11) is 0. The first-order chi connectivity index (χ1) is 25.6. The molecule has 4 nitrogen and oxygen atoms in total. The minimum Gasteiger partial charge on any atom is -0.486 e. The number of para-hydroxylation sites is 1. The number of rotatable bonds is 2. The summed E-state index contributed by atoms with van der Waals surface area (Å²) in [6, 6.07) is 32.9. The highest BCUT2D eigenvalue weighted by Crippen LogP contribution is 2.53. The first-order valence-corrected chi connectivity index (χ1v) is 20.2. The summed E-state index contributed by atoms with van der Waals surface area (Å²) < 4.78 is 12.6. The van der Waals surface area contributed by atoms with Gasteiger partial charge in [0.15, 0.2) is 11.5 Å². The molecule has 5 aromatic carbocycles. The number of fused-ring (bicyclic) bond motifs is 7. The van der Waals surface area contributed by atoms with Gasteiger partial charge in [0.1, 0.15) is 13.2 Å². The number of hydrogen-bond acceptors (Lipinski definition) is 4. The van der Waals surface area contributed by atoms with Gasteiger partial charge >= 0.3 is 0 Å². The predicted molar refractivity (Wildman–Crippen MR) is 227 cm³/mol. The van der Waals surface area contributed by atoms with Crippen LogP contribution in [0.4, 0.5) is 34.1 Å². The molecule has 3 aliphatic heterocycles. The van der Waals surface area contributed by atoms with Gasteiger partial charge in [-0.3, -0.25) is 0 Å². The Morgan fingerprint density at radius 3 is 1.61 bits per heavy atom. The quantitative estimate of drug-likeness (QED) is 0.167. The standard InChI is InChI=1S/C49H53BN2O2/c1-30-23-41-45-42(24-30)52(32-15-16-33-34(25-32)47(4,5)18-17-46(33,2)3)39-27-36-35(48(6,7)19-20-49(36,8)9)26-37(39)50(45)38-28-43-44(54-22-21-53-43)29-40(38)51(41)31-13-11-10-12-14-31/h10-16,23-29H,17-22H2,1-9H3. The van der Waals surface area contributed by atoms with E-state index in [1.54, 1.807) is 0 Å². The third-order valence-electron chi connectivity index (χ3n) is 14.0. The van der Waals surface area contributed by atoms with Crippen molar-refractivity contribution in [1.82, 2.24) is 0 Å². The Hall–Kier alpha value is -4.64. The molecule has 0 bridgehead atoms.